The van der Waals surface area contributed by atoms with Gasteiger partial charge in [-0.15, -0.1) is 0 Å². The van der Waals surface area contributed by atoms with Gasteiger partial charge in [-0.05, 0) is 18.1 Å². The predicted molar refractivity (Wildman–Crippen MR) is 94.1 cm³/mol. The molecule has 2 atom stereocenters. The number of carbonyl (C=O) groups is 1. The monoisotopic (exact) mass is 370 g/mol. The van der Waals surface area contributed by atoms with Crippen molar-refractivity contribution in [2.24, 2.45) is 0 Å². The fraction of sp³-hybridized carbons (Fsp3) is 0.600. The summed E-state index contributed by atoms with van der Waals surface area (Å²) in [7, 11) is -3.33. The lowest BCUT2D eigenvalue weighted by Crippen LogP contribution is -2.44. The summed E-state index contributed by atoms with van der Waals surface area (Å²) in [5.74, 6) is 1.52. The molecule has 0 radical (unpaired) electrons. The second-order valence-electron chi connectivity index (χ2n) is 5.95. The average molecular weight is 371 g/mol. The van der Waals surface area contributed by atoms with Crippen LogP contribution in [-0.2, 0) is 21.4 Å². The molecule has 0 aliphatic carbocycles. The minimum atomic E-state index is -3.33. The van der Waals surface area contributed by atoms with E-state index in [2.05, 4.69) is 15.6 Å². The van der Waals surface area contributed by atoms with Crippen LogP contribution in [0.4, 0.5) is 0 Å². The second kappa shape index (κ2) is 7.81. The van der Waals surface area contributed by atoms with E-state index in [1.54, 1.807) is 28.5 Å². The molecule has 132 valence electrons. The Labute approximate surface area is 146 Å². The molecule has 2 N–H and O–H groups in total. The molecule has 2 aliphatic heterocycles. The number of sulfonamides is 1. The van der Waals surface area contributed by atoms with Crippen LogP contribution in [0.15, 0.2) is 24.5 Å². The SMILES string of the molecule is O=C(NCc1cccnc1)C1CC(S(=O)(=O)N2CCSCC2)CN1. The lowest BCUT2D eigenvalue weighted by Gasteiger charge is -2.28. The Bertz CT molecular complexity index is 663. The highest BCUT2D eigenvalue weighted by molar-refractivity contribution is 7.99. The molecule has 2 aliphatic rings. The van der Waals surface area contributed by atoms with Crippen LogP contribution in [-0.4, -0.2) is 66.0 Å². The van der Waals surface area contributed by atoms with Crippen LogP contribution >= 0.6 is 11.8 Å². The van der Waals surface area contributed by atoms with E-state index in [0.717, 1.165) is 17.1 Å². The molecule has 0 saturated carbocycles. The Hall–Kier alpha value is -1.16. The van der Waals surface area contributed by atoms with E-state index in [0.29, 0.717) is 32.6 Å². The lowest BCUT2D eigenvalue weighted by molar-refractivity contribution is -0.122. The van der Waals surface area contributed by atoms with Crippen LogP contribution in [0, 0.1) is 0 Å². The van der Waals surface area contributed by atoms with Crippen LogP contribution in [0.3, 0.4) is 0 Å². The summed E-state index contributed by atoms with van der Waals surface area (Å²) in [5, 5.41) is 5.37. The van der Waals surface area contributed by atoms with E-state index in [1.165, 1.54) is 0 Å². The lowest BCUT2D eigenvalue weighted by atomic mass is 10.2. The number of hydrogen-bond acceptors (Lipinski definition) is 6. The van der Waals surface area contributed by atoms with Crippen molar-refractivity contribution in [3.8, 4) is 0 Å². The van der Waals surface area contributed by atoms with Gasteiger partial charge >= 0.3 is 0 Å². The van der Waals surface area contributed by atoms with Crippen molar-refractivity contribution in [3.63, 3.8) is 0 Å². The van der Waals surface area contributed by atoms with Gasteiger partial charge < -0.3 is 10.6 Å². The van der Waals surface area contributed by atoms with Gasteiger partial charge in [-0.2, -0.15) is 16.1 Å². The van der Waals surface area contributed by atoms with Gasteiger partial charge in [0.15, 0.2) is 0 Å². The normalized spacial score (nSPS) is 25.5. The molecule has 7 nitrogen and oxygen atoms in total. The van der Waals surface area contributed by atoms with Crippen LogP contribution in [0.1, 0.15) is 12.0 Å². The first kappa shape index (κ1) is 17.7. The molecule has 3 rings (SSSR count). The van der Waals surface area contributed by atoms with Gasteiger partial charge in [0.05, 0.1) is 11.3 Å². The minimum absolute atomic E-state index is 0.161. The maximum absolute atomic E-state index is 12.7. The van der Waals surface area contributed by atoms with Crippen molar-refractivity contribution >= 4 is 27.7 Å². The van der Waals surface area contributed by atoms with E-state index < -0.39 is 21.3 Å². The molecule has 1 aromatic heterocycles. The number of nitrogens with one attached hydrogen (secondary N) is 2. The zero-order valence-electron chi connectivity index (χ0n) is 13.3. The minimum Gasteiger partial charge on any atom is -0.351 e. The van der Waals surface area contributed by atoms with Crippen LogP contribution < -0.4 is 10.6 Å². The van der Waals surface area contributed by atoms with Crippen molar-refractivity contribution < 1.29 is 13.2 Å². The molecule has 2 saturated heterocycles. The van der Waals surface area contributed by atoms with E-state index in [-0.39, 0.29) is 5.91 Å². The van der Waals surface area contributed by atoms with Crippen molar-refractivity contribution in [2.45, 2.75) is 24.3 Å². The Morgan fingerprint density at radius 3 is 2.92 bits per heavy atom. The molecule has 1 aromatic rings. The summed E-state index contributed by atoms with van der Waals surface area (Å²) < 4.78 is 26.9. The predicted octanol–water partition coefficient (Wildman–Crippen LogP) is -0.193. The Morgan fingerprint density at radius 2 is 2.21 bits per heavy atom. The third-order valence-electron chi connectivity index (χ3n) is 4.35. The van der Waals surface area contributed by atoms with Gasteiger partial charge in [0.25, 0.3) is 0 Å². The van der Waals surface area contributed by atoms with E-state index in [1.807, 2.05) is 12.1 Å². The molecule has 0 spiro atoms. The van der Waals surface area contributed by atoms with E-state index >= 15 is 0 Å². The first-order valence-corrected chi connectivity index (χ1v) is 10.7. The third-order valence-corrected chi connectivity index (χ3v) is 7.58. The van der Waals surface area contributed by atoms with Crippen LogP contribution in [0.25, 0.3) is 0 Å². The summed E-state index contributed by atoms with van der Waals surface area (Å²) >= 11 is 1.78. The number of rotatable bonds is 5. The number of nitrogens with zero attached hydrogens (tertiary/aromatic N) is 2. The fourth-order valence-electron chi connectivity index (χ4n) is 2.96. The van der Waals surface area contributed by atoms with Crippen LogP contribution in [0.5, 0.6) is 0 Å². The van der Waals surface area contributed by atoms with Crippen molar-refractivity contribution in [1.29, 1.82) is 0 Å². The topological polar surface area (TPSA) is 91.4 Å². The second-order valence-corrected chi connectivity index (χ2v) is 9.39. The highest BCUT2D eigenvalue weighted by Gasteiger charge is 2.40. The molecule has 1 amide bonds. The molecule has 2 fully saturated rings. The van der Waals surface area contributed by atoms with Crippen LogP contribution in [0.2, 0.25) is 0 Å². The van der Waals surface area contributed by atoms with Gasteiger partial charge in [-0.1, -0.05) is 6.07 Å². The maximum Gasteiger partial charge on any atom is 0.237 e. The number of amides is 1. The highest BCUT2D eigenvalue weighted by atomic mass is 32.2. The number of carbonyl (C=O) groups excluding carboxylic acids is 1. The zero-order valence-corrected chi connectivity index (χ0v) is 15.0. The Morgan fingerprint density at radius 1 is 1.42 bits per heavy atom. The van der Waals surface area contributed by atoms with Gasteiger partial charge in [0.1, 0.15) is 0 Å². The van der Waals surface area contributed by atoms with Gasteiger partial charge in [0.2, 0.25) is 15.9 Å². The first-order chi connectivity index (χ1) is 11.6. The summed E-state index contributed by atoms with van der Waals surface area (Å²) in [6, 6.07) is 3.24. The van der Waals surface area contributed by atoms with Crippen molar-refractivity contribution in [1.82, 2.24) is 19.9 Å². The molecule has 2 unspecified atom stereocenters. The molecule has 3 heterocycles. The Balaban J connectivity index is 1.53. The van der Waals surface area contributed by atoms with Gasteiger partial charge in [-0.3, -0.25) is 9.78 Å². The van der Waals surface area contributed by atoms with E-state index in [9.17, 15) is 13.2 Å². The summed E-state index contributed by atoms with van der Waals surface area (Å²) in [4.78, 5) is 16.3. The maximum atomic E-state index is 12.7. The number of hydrogen-bond donors (Lipinski definition) is 2. The smallest absolute Gasteiger partial charge is 0.237 e. The number of pyridine rings is 1. The fourth-order valence-corrected chi connectivity index (χ4v) is 5.95. The summed E-state index contributed by atoms with van der Waals surface area (Å²) in [5.41, 5.74) is 0.916. The number of aromatic nitrogens is 1. The average Bonchev–Trinajstić information content (AvgIpc) is 3.12. The summed E-state index contributed by atoms with van der Waals surface area (Å²) in [6.07, 6.45) is 3.70. The molecular weight excluding hydrogens is 348 g/mol. The Kier molecular flexibility index (Phi) is 5.75. The number of thioether (sulfide) groups is 1. The standard InChI is InChI=1S/C15H22N4O3S2/c20-15(18-10-12-2-1-3-16-9-12)14-8-13(11-17-14)24(21,22)19-4-6-23-7-5-19/h1-3,9,13-14,17H,4-8,10-11H2,(H,18,20). The van der Waals surface area contributed by atoms with Gasteiger partial charge in [-0.25, -0.2) is 8.42 Å². The first-order valence-electron chi connectivity index (χ1n) is 8.04. The molecule has 24 heavy (non-hydrogen) atoms. The molecule has 9 heteroatoms. The van der Waals surface area contributed by atoms with Crippen molar-refractivity contribution in [3.05, 3.63) is 30.1 Å². The molecular formula is C15H22N4O3S2. The van der Waals surface area contributed by atoms with Crippen molar-refractivity contribution in [2.75, 3.05) is 31.1 Å². The van der Waals surface area contributed by atoms with Gasteiger partial charge in [0, 0.05) is 50.1 Å². The largest absolute Gasteiger partial charge is 0.351 e. The zero-order chi connectivity index (χ0) is 17.0. The molecule has 0 aromatic carbocycles. The summed E-state index contributed by atoms with van der Waals surface area (Å²) in [6.45, 7) is 1.87. The quantitative estimate of drug-likeness (QED) is 0.746. The molecule has 0 bridgehead atoms. The third kappa shape index (κ3) is 4.08. The highest BCUT2D eigenvalue weighted by Crippen LogP contribution is 2.22. The van der Waals surface area contributed by atoms with E-state index in [4.69, 9.17) is 0 Å².